The molecule has 264 valence electrons. The van der Waals surface area contributed by atoms with Crippen LogP contribution >= 0.6 is 0 Å². The fourth-order valence-corrected chi connectivity index (χ4v) is 4.87. The summed E-state index contributed by atoms with van der Waals surface area (Å²) in [6.07, 6.45) is -5.43. The van der Waals surface area contributed by atoms with Crippen molar-refractivity contribution in [2.45, 2.75) is 0 Å². The summed E-state index contributed by atoms with van der Waals surface area (Å²) in [6.45, 7) is 3.43. The molecular weight excluding hydrogens is 747 g/mol. The van der Waals surface area contributed by atoms with Gasteiger partial charge in [-0.3, -0.25) is 0 Å². The topological polar surface area (TPSA) is 0 Å². The summed E-state index contributed by atoms with van der Waals surface area (Å²) in [5.74, 6) is -70.5. The Balaban J connectivity index is 0.00000154. The summed E-state index contributed by atoms with van der Waals surface area (Å²) in [5, 5.41) is 0. The van der Waals surface area contributed by atoms with Crippen molar-refractivity contribution >= 4 is 40.6 Å². The summed E-state index contributed by atoms with van der Waals surface area (Å²) >= 11 is 3.17. The first-order valence-electron chi connectivity index (χ1n) is 12.1. The Morgan fingerprint density at radius 3 is 0.510 bits per heavy atom. The zero-order chi connectivity index (χ0) is 37.8. The molecule has 22 heteroatoms. The van der Waals surface area contributed by atoms with Crippen molar-refractivity contribution in [2.24, 2.45) is 0 Å². The number of hydrogen-bond acceptors (Lipinski definition) is 0. The molecule has 49 heavy (non-hydrogen) atoms. The fourth-order valence-electron chi connectivity index (χ4n) is 4.87. The van der Waals surface area contributed by atoms with E-state index in [4.69, 9.17) is 0 Å². The lowest BCUT2D eigenvalue weighted by molar-refractivity contribution is 0.378. The molecule has 0 aliphatic rings. The van der Waals surface area contributed by atoms with Crippen LogP contribution in [0.1, 0.15) is 0 Å². The van der Waals surface area contributed by atoms with Crippen molar-refractivity contribution in [3.05, 3.63) is 129 Å². The molecule has 0 bridgehead atoms. The van der Waals surface area contributed by atoms with Gasteiger partial charge in [-0.05, 0) is 18.7 Å². The van der Waals surface area contributed by atoms with Gasteiger partial charge in [0, 0.05) is 0 Å². The van der Waals surface area contributed by atoms with E-state index >= 15 is 35.1 Å². The van der Waals surface area contributed by atoms with Gasteiger partial charge in [0.05, 0.1) is 0 Å². The van der Waals surface area contributed by atoms with E-state index in [0.29, 0.717) is 0 Å². The molecule has 0 heterocycles. The van der Waals surface area contributed by atoms with E-state index in [2.05, 4.69) is 19.2 Å². The highest BCUT2D eigenvalue weighted by molar-refractivity contribution is 7.58. The normalized spacial score (nSPS) is 11.5. The Hall–Kier alpha value is -4.37. The van der Waals surface area contributed by atoms with Gasteiger partial charge in [-0.1, -0.05) is 6.58 Å². The van der Waals surface area contributed by atoms with Gasteiger partial charge in [0.15, 0.2) is 69.8 Å². The van der Waals surface area contributed by atoms with E-state index < -0.39 is 144 Å². The Bertz CT molecular complexity index is 1650. The van der Waals surface area contributed by atoms with E-state index in [1.807, 2.05) is 0 Å². The van der Waals surface area contributed by atoms with Crippen molar-refractivity contribution in [1.82, 2.24) is 0 Å². The van der Waals surface area contributed by atoms with Gasteiger partial charge < -0.3 is 0 Å². The fraction of sp³-hybridized carbons (Fsp3) is 0.0370. The van der Waals surface area contributed by atoms with E-state index in [0.717, 1.165) is 5.75 Å². The van der Waals surface area contributed by atoms with Crippen molar-refractivity contribution in [3.63, 3.8) is 0 Å². The zero-order valence-electron chi connectivity index (χ0n) is 22.6. The molecule has 0 aromatic heterocycles. The summed E-state index contributed by atoms with van der Waals surface area (Å²) in [6, 6.07) is 0. The Morgan fingerprint density at radius 2 is 0.408 bits per heavy atom. The first-order chi connectivity index (χ1) is 22.6. The molecule has 0 saturated heterocycles. The highest BCUT2D eigenvalue weighted by atomic mass is 32.1. The minimum atomic E-state index is -7.22. The lowest BCUT2D eigenvalue weighted by Gasteiger charge is -2.44. The van der Waals surface area contributed by atoms with Gasteiger partial charge in [-0.25, -0.2) is 87.8 Å². The van der Waals surface area contributed by atoms with E-state index in [9.17, 15) is 52.7 Å². The first kappa shape index (κ1) is 39.1. The van der Waals surface area contributed by atoms with Crippen LogP contribution in [0.2, 0.25) is 0 Å². The van der Waals surface area contributed by atoms with Crippen LogP contribution < -0.4 is 21.9 Å². The van der Waals surface area contributed by atoms with Crippen LogP contribution in [-0.2, 0) is 12.6 Å². The second-order valence-corrected chi connectivity index (χ2v) is 9.70. The van der Waals surface area contributed by atoms with Gasteiger partial charge in [0.25, 0.3) is 0 Å². The van der Waals surface area contributed by atoms with E-state index in [1.165, 1.54) is 0 Å². The SMILES string of the molecule is C=CC[SH2+].Fc1c(F)c(F)c([B-](c2c(F)c(F)c(F)c(F)c2F)(c2c(F)c(F)c(F)c(F)c2F)c2c(F)c(F)c(F)c(F)c2F)c(F)c1F. The number of halogens is 20. The number of rotatable bonds is 5. The summed E-state index contributed by atoms with van der Waals surface area (Å²) in [5.41, 5.74) is -14.3. The summed E-state index contributed by atoms with van der Waals surface area (Å²) in [7, 11) is 0. The van der Waals surface area contributed by atoms with Crippen LogP contribution in [0.3, 0.4) is 0 Å². The van der Waals surface area contributed by atoms with Crippen LogP contribution in [-0.4, -0.2) is 11.9 Å². The third kappa shape index (κ3) is 5.56. The van der Waals surface area contributed by atoms with Crippen molar-refractivity contribution in [1.29, 1.82) is 0 Å². The highest BCUT2D eigenvalue weighted by Gasteiger charge is 2.52. The predicted molar refractivity (Wildman–Crippen MR) is 134 cm³/mol. The third-order valence-corrected chi connectivity index (χ3v) is 7.14. The maximum absolute atomic E-state index is 15.4. The predicted octanol–water partition coefficient (Wildman–Crippen LogP) is 6.03. The van der Waals surface area contributed by atoms with Crippen LogP contribution in [0.25, 0.3) is 0 Å². The highest BCUT2D eigenvalue weighted by Crippen LogP contribution is 2.30. The summed E-state index contributed by atoms with van der Waals surface area (Å²) < 4.78 is 294. The second-order valence-electron chi connectivity index (χ2n) is 9.29. The Morgan fingerprint density at radius 1 is 0.306 bits per heavy atom. The molecule has 0 radical (unpaired) electrons. The number of hydrogen-bond donors (Lipinski definition) is 0. The quantitative estimate of drug-likeness (QED) is 0.0584. The standard InChI is InChI=1S/C24BF20.C3H6S/c26-5-1(6(27)14(35)21(42)13(5)34)25(2-7(28)15(36)22(43)16(37)8(2)29,3-9(30)17(38)23(44)18(39)10(3)31)4-11(32)19(40)24(45)20(41)12(4)33;1-2-3-4/h;2,4H,1,3H2/q-1;/p+1. The van der Waals surface area contributed by atoms with Crippen molar-refractivity contribution in [3.8, 4) is 0 Å². The second kappa shape index (κ2) is 13.9. The lowest BCUT2D eigenvalue weighted by atomic mass is 9.12. The lowest BCUT2D eigenvalue weighted by Crippen LogP contribution is -2.81. The molecule has 0 amide bonds. The van der Waals surface area contributed by atoms with E-state index in [1.54, 1.807) is 6.08 Å². The van der Waals surface area contributed by atoms with Crippen LogP contribution in [0, 0.1) is 116 Å². The molecule has 0 atom stereocenters. The van der Waals surface area contributed by atoms with Crippen LogP contribution in [0.4, 0.5) is 87.8 Å². The molecular formula is C27H7BF20S. The largest absolute Gasteiger partial charge is 0.207 e. The number of benzene rings is 4. The molecule has 0 saturated carbocycles. The van der Waals surface area contributed by atoms with Crippen molar-refractivity contribution < 1.29 is 87.8 Å². The zero-order valence-corrected chi connectivity index (χ0v) is 23.6. The molecule has 0 N–H and O–H groups in total. The average molecular weight is 754 g/mol. The molecule has 4 aromatic rings. The van der Waals surface area contributed by atoms with Gasteiger partial charge in [-0.15, -0.1) is 21.9 Å². The molecule has 0 fully saturated rings. The smallest absolute Gasteiger partial charge is 0.200 e. The van der Waals surface area contributed by atoms with Gasteiger partial charge in [0.2, 0.25) is 0 Å². The Kier molecular flexibility index (Phi) is 11.1. The van der Waals surface area contributed by atoms with Gasteiger partial charge >= 0.3 is 0 Å². The van der Waals surface area contributed by atoms with Gasteiger partial charge in [0.1, 0.15) is 58.4 Å². The van der Waals surface area contributed by atoms with Crippen molar-refractivity contribution in [2.75, 3.05) is 5.75 Å². The van der Waals surface area contributed by atoms with Gasteiger partial charge in [-0.2, -0.15) is 0 Å². The van der Waals surface area contributed by atoms with Crippen LogP contribution in [0.5, 0.6) is 0 Å². The minimum Gasteiger partial charge on any atom is -0.207 e. The average Bonchev–Trinajstić information content (AvgIpc) is 3.08. The first-order valence-corrected chi connectivity index (χ1v) is 12.8. The molecule has 0 nitrogen and oxygen atoms in total. The minimum absolute atomic E-state index is 0.889. The molecule has 4 rings (SSSR count). The maximum Gasteiger partial charge on any atom is 0.200 e. The molecule has 0 aliphatic carbocycles. The molecule has 0 spiro atoms. The maximum atomic E-state index is 15.4. The molecule has 4 aromatic carbocycles. The van der Waals surface area contributed by atoms with Crippen LogP contribution in [0.15, 0.2) is 12.7 Å². The van der Waals surface area contributed by atoms with E-state index in [-0.39, 0.29) is 0 Å². The summed E-state index contributed by atoms with van der Waals surface area (Å²) in [4.78, 5) is 0. The molecule has 0 aliphatic heterocycles. The molecule has 0 unspecified atom stereocenters. The third-order valence-electron chi connectivity index (χ3n) is 6.85. The Labute approximate surface area is 263 Å². The monoisotopic (exact) mass is 754 g/mol.